The first-order valence-corrected chi connectivity index (χ1v) is 24.8. The number of phenols is 1. The lowest BCUT2D eigenvalue weighted by Crippen LogP contribution is -2.54. The topological polar surface area (TPSA) is 181 Å². The number of ether oxygens (including phenoxy) is 3. The van der Waals surface area contributed by atoms with E-state index in [0.29, 0.717) is 54.2 Å². The van der Waals surface area contributed by atoms with Gasteiger partial charge in [-0.05, 0) is 126 Å². The van der Waals surface area contributed by atoms with Crippen molar-refractivity contribution < 1.29 is 43.4 Å². The normalized spacial score (nSPS) is 23.2. The molecule has 1 spiro atoms. The molecule has 15 heteroatoms. The van der Waals surface area contributed by atoms with Gasteiger partial charge in [0.2, 0.25) is 11.8 Å². The van der Waals surface area contributed by atoms with E-state index in [1.54, 1.807) is 42.5 Å². The van der Waals surface area contributed by atoms with Gasteiger partial charge in [-0.15, -0.1) is 0 Å². The Morgan fingerprint density at radius 1 is 0.797 bits per heavy atom. The second-order valence-electron chi connectivity index (χ2n) is 19.1. The molecule has 3 saturated heterocycles. The number of imide groups is 1. The Morgan fingerprint density at radius 3 is 2.18 bits per heavy atom. The molecule has 0 radical (unpaired) electrons. The zero-order valence-electron chi connectivity index (χ0n) is 40.2. The van der Waals surface area contributed by atoms with Gasteiger partial charge in [-0.25, -0.2) is 9.69 Å². The van der Waals surface area contributed by atoms with E-state index < -0.39 is 64.4 Å². The summed E-state index contributed by atoms with van der Waals surface area (Å²) in [5.74, 6) is 2.70. The predicted octanol–water partition coefficient (Wildman–Crippen LogP) is 9.63. The summed E-state index contributed by atoms with van der Waals surface area (Å²) >= 11 is 0. The number of rotatable bonds is 9. The lowest BCUT2D eigenvalue weighted by atomic mass is 9.65. The van der Waals surface area contributed by atoms with Gasteiger partial charge < -0.3 is 29.5 Å². The Balaban J connectivity index is 1.13. The highest BCUT2D eigenvalue weighted by molar-refractivity contribution is 6.24. The number of morpholine rings is 2. The Labute approximate surface area is 427 Å². The number of carbonyl (C=O) groups is 4. The maximum absolute atomic E-state index is 16.6. The van der Waals surface area contributed by atoms with Crippen LogP contribution in [0, 0.1) is 27.9 Å². The van der Waals surface area contributed by atoms with Crippen molar-refractivity contribution in [2.75, 3.05) is 41.4 Å². The number of nitro groups is 1. The number of carbonyl (C=O) groups excluding carboxylic acids is 4. The van der Waals surface area contributed by atoms with Crippen LogP contribution >= 0.6 is 0 Å². The van der Waals surface area contributed by atoms with Crippen LogP contribution in [0.3, 0.4) is 0 Å². The van der Waals surface area contributed by atoms with Gasteiger partial charge in [-0.3, -0.25) is 29.4 Å². The number of phenolic OH excluding ortho intramolecular Hbond substituents is 1. The lowest BCUT2D eigenvalue weighted by Gasteiger charge is -2.46. The van der Waals surface area contributed by atoms with E-state index in [-0.39, 0.29) is 29.3 Å². The summed E-state index contributed by atoms with van der Waals surface area (Å²) in [7, 11) is 0. The second-order valence-corrected chi connectivity index (χ2v) is 19.1. The van der Waals surface area contributed by atoms with Crippen molar-refractivity contribution in [2.45, 2.75) is 61.9 Å². The van der Waals surface area contributed by atoms with E-state index in [2.05, 4.69) is 28.1 Å². The van der Waals surface area contributed by atoms with Crippen LogP contribution in [-0.2, 0) is 40.6 Å². The number of fused-ring (bicyclic) bond motifs is 3. The SMILES string of the molecule is O=C1O[C@H](c2ccccc2)[C@H](c2ccccc2)N2[C@H]1[C@@H](C(=O)Nc1ccc(N3CCOCC3)cc1)[C@]1(C(=O)N(C(=O)OCc3ccc([N+](=O)[O-])cc3)c3ccc(C#CC4=CCCCC4)cc31)[C@H]2c1ccc(O)cc1. The molecule has 0 saturated carbocycles. The fourth-order valence-electron chi connectivity index (χ4n) is 11.4. The summed E-state index contributed by atoms with van der Waals surface area (Å²) in [5, 5.41) is 25.4. The third-order valence-corrected chi connectivity index (χ3v) is 14.8. The van der Waals surface area contributed by atoms with Gasteiger partial charge in [0.25, 0.3) is 5.69 Å². The number of nitrogens with one attached hydrogen (secondary N) is 1. The Kier molecular flexibility index (Phi) is 13.0. The molecule has 0 unspecified atom stereocenters. The largest absolute Gasteiger partial charge is 0.508 e. The fourth-order valence-corrected chi connectivity index (χ4v) is 11.4. The molecule has 4 aliphatic heterocycles. The average Bonchev–Trinajstić information content (AvgIpc) is 3.90. The van der Waals surface area contributed by atoms with Crippen LogP contribution < -0.4 is 15.1 Å². The molecule has 2 N–H and O–H groups in total. The predicted molar refractivity (Wildman–Crippen MR) is 275 cm³/mol. The molecule has 4 heterocycles. The number of non-ortho nitro benzene ring substituents is 1. The average molecular weight is 990 g/mol. The first-order valence-electron chi connectivity index (χ1n) is 24.8. The monoisotopic (exact) mass is 989 g/mol. The highest BCUT2D eigenvalue weighted by Gasteiger charge is 2.76. The summed E-state index contributed by atoms with van der Waals surface area (Å²) in [6.45, 7) is 2.19. The first-order chi connectivity index (χ1) is 36.1. The first kappa shape index (κ1) is 47.7. The van der Waals surface area contributed by atoms with Crippen LogP contribution in [0.2, 0.25) is 0 Å². The van der Waals surface area contributed by atoms with Gasteiger partial charge in [-0.2, -0.15) is 0 Å². The molecule has 6 aromatic rings. The Morgan fingerprint density at radius 2 is 1.50 bits per heavy atom. The van der Waals surface area contributed by atoms with E-state index in [1.165, 1.54) is 36.4 Å². The molecule has 74 heavy (non-hydrogen) atoms. The minimum Gasteiger partial charge on any atom is -0.508 e. The number of hydrogen-bond donors (Lipinski definition) is 2. The second kappa shape index (κ2) is 20.1. The molecule has 0 aromatic heterocycles. The maximum Gasteiger partial charge on any atom is 0.421 e. The number of cyclic esters (lactones) is 1. The van der Waals surface area contributed by atoms with E-state index in [0.717, 1.165) is 47.4 Å². The number of anilines is 3. The number of allylic oxidation sites excluding steroid dienone is 2. The Hall–Kier alpha value is -8.58. The summed E-state index contributed by atoms with van der Waals surface area (Å²) in [5.41, 5.74) is 3.20. The van der Waals surface area contributed by atoms with E-state index >= 15 is 14.4 Å². The van der Waals surface area contributed by atoms with E-state index in [9.17, 15) is 20.0 Å². The summed E-state index contributed by atoms with van der Waals surface area (Å²) < 4.78 is 18.1. The highest BCUT2D eigenvalue weighted by atomic mass is 16.6. The quantitative estimate of drug-likeness (QED) is 0.0607. The van der Waals surface area contributed by atoms with Crippen LogP contribution in [-0.4, -0.2) is 71.2 Å². The van der Waals surface area contributed by atoms with Gasteiger partial charge in [0, 0.05) is 42.2 Å². The zero-order valence-corrected chi connectivity index (χ0v) is 40.2. The standard InChI is InChI=1S/C59H51N5O10/c65-47-29-21-43(22-30-47)54-59(48-36-39(17-16-38-10-4-1-5-11-38)20-31-49(48)62(57(59)68)58(69)73-37-40-18-25-46(26-19-40)64(70)71)50(55(66)60-44-23-27-45(28-24-44)61-32-34-72-35-33-61)52-56(67)74-53(42-14-8-3-9-15-42)51(63(52)54)41-12-6-2-7-13-41/h2-3,6-10,12-15,18-31,36,50-54,65H,1,4-5,11,32-35,37H2,(H,60,66)/t50-,51-,52-,53+,54+,59-/m0/s1. The molecule has 15 nitrogen and oxygen atoms in total. The molecule has 1 aliphatic carbocycles. The van der Waals surface area contributed by atoms with E-state index in [1.807, 2.05) is 77.7 Å². The fraction of sp³-hybridized carbons (Fsp3) is 0.254. The van der Waals surface area contributed by atoms with Crippen LogP contribution in [0.4, 0.5) is 27.5 Å². The number of hydrogen-bond acceptors (Lipinski definition) is 12. The summed E-state index contributed by atoms with van der Waals surface area (Å²) in [4.78, 5) is 79.1. The van der Waals surface area contributed by atoms with Gasteiger partial charge >= 0.3 is 12.1 Å². The number of amides is 3. The molecule has 6 aromatic carbocycles. The Bertz CT molecular complexity index is 3220. The summed E-state index contributed by atoms with van der Waals surface area (Å²) in [6, 6.07) is 39.5. The molecule has 6 atom stereocenters. The van der Waals surface area contributed by atoms with Crippen molar-refractivity contribution in [1.29, 1.82) is 0 Å². The number of aromatic hydroxyl groups is 1. The van der Waals surface area contributed by atoms with Crippen molar-refractivity contribution in [1.82, 2.24) is 4.90 Å². The summed E-state index contributed by atoms with van der Waals surface area (Å²) in [6.07, 6.45) is 3.89. The van der Waals surface area contributed by atoms with Crippen molar-refractivity contribution in [3.05, 3.63) is 207 Å². The minimum atomic E-state index is -2.11. The highest BCUT2D eigenvalue weighted by Crippen LogP contribution is 2.66. The van der Waals surface area contributed by atoms with Gasteiger partial charge in [0.1, 0.15) is 29.9 Å². The molecule has 11 rings (SSSR count). The van der Waals surface area contributed by atoms with E-state index in [4.69, 9.17) is 14.2 Å². The number of nitro benzene ring substituents is 1. The lowest BCUT2D eigenvalue weighted by molar-refractivity contribution is -0.384. The van der Waals surface area contributed by atoms with Crippen molar-refractivity contribution in [3.8, 4) is 17.6 Å². The maximum atomic E-state index is 16.6. The number of nitrogens with zero attached hydrogens (tertiary/aromatic N) is 4. The molecule has 5 aliphatic rings. The molecule has 372 valence electrons. The van der Waals surface area contributed by atoms with Crippen molar-refractivity contribution in [3.63, 3.8) is 0 Å². The molecule has 3 amide bonds. The molecule has 0 bridgehead atoms. The van der Waals surface area contributed by atoms with Gasteiger partial charge in [0.05, 0.1) is 41.8 Å². The smallest absolute Gasteiger partial charge is 0.421 e. The molecular formula is C59H51N5O10. The van der Waals surface area contributed by atoms with Crippen LogP contribution in [0.15, 0.2) is 163 Å². The third-order valence-electron chi connectivity index (χ3n) is 14.8. The number of benzene rings is 6. The van der Waals surface area contributed by atoms with Gasteiger partial charge in [0.15, 0.2) is 0 Å². The molecule has 3 fully saturated rings. The minimum absolute atomic E-state index is 0.0591. The molecular weight excluding hydrogens is 939 g/mol. The third kappa shape index (κ3) is 8.71. The van der Waals surface area contributed by atoms with Crippen LogP contribution in [0.1, 0.15) is 77.3 Å². The van der Waals surface area contributed by atoms with Crippen molar-refractivity contribution >= 4 is 46.6 Å². The van der Waals surface area contributed by atoms with Gasteiger partial charge in [-0.1, -0.05) is 90.7 Å². The number of esters is 1. The zero-order chi connectivity index (χ0) is 50.9. The van der Waals surface area contributed by atoms with Crippen LogP contribution in [0.5, 0.6) is 5.75 Å². The van der Waals surface area contributed by atoms with Crippen molar-refractivity contribution in [2.24, 2.45) is 5.92 Å². The van der Waals surface area contributed by atoms with Crippen LogP contribution in [0.25, 0.3) is 0 Å².